The molecule has 3 aromatic rings. The molecule has 0 aliphatic rings. The van der Waals surface area contributed by atoms with Crippen LogP contribution in [0.25, 0.3) is 0 Å². The van der Waals surface area contributed by atoms with Crippen molar-refractivity contribution in [2.45, 2.75) is 0 Å². The molecule has 0 unspecified atom stereocenters. The van der Waals surface area contributed by atoms with Crippen molar-refractivity contribution in [2.75, 3.05) is 25.0 Å². The van der Waals surface area contributed by atoms with Crippen LogP contribution in [0.4, 0.5) is 17.1 Å². The third-order valence-electron chi connectivity index (χ3n) is 4.32. The lowest BCUT2D eigenvalue weighted by Gasteiger charge is -2.08. The fraction of sp³-hybridized carbons (Fsp3) is 0.0909. The minimum absolute atomic E-state index is 0.146. The highest BCUT2D eigenvalue weighted by Gasteiger charge is 2.17. The van der Waals surface area contributed by atoms with E-state index in [9.17, 15) is 14.9 Å². The van der Waals surface area contributed by atoms with Crippen molar-refractivity contribution < 1.29 is 19.2 Å². The van der Waals surface area contributed by atoms with Crippen molar-refractivity contribution in [3.8, 4) is 11.5 Å². The summed E-state index contributed by atoms with van der Waals surface area (Å²) in [5.74, 6) is 0.894. The lowest BCUT2D eigenvalue weighted by Crippen LogP contribution is -2.12. The van der Waals surface area contributed by atoms with Gasteiger partial charge in [0.25, 0.3) is 11.6 Å². The second-order valence-electron chi connectivity index (χ2n) is 6.31. The van der Waals surface area contributed by atoms with Gasteiger partial charge in [-0.05, 0) is 66.2 Å². The molecule has 0 bridgehead atoms. The molecule has 0 heterocycles. The Morgan fingerprint density at radius 2 is 1.58 bits per heavy atom. The summed E-state index contributed by atoms with van der Waals surface area (Å²) in [6, 6.07) is 18.0. The molecular formula is C22H20N4O5. The number of hydrazone groups is 1. The van der Waals surface area contributed by atoms with Crippen LogP contribution in [0.3, 0.4) is 0 Å². The van der Waals surface area contributed by atoms with Crippen LogP contribution in [-0.2, 0) is 0 Å². The van der Waals surface area contributed by atoms with Crippen LogP contribution in [0.15, 0.2) is 71.8 Å². The predicted molar refractivity (Wildman–Crippen MR) is 118 cm³/mol. The van der Waals surface area contributed by atoms with Crippen molar-refractivity contribution >= 4 is 29.2 Å². The van der Waals surface area contributed by atoms with E-state index in [0.29, 0.717) is 17.2 Å². The SMILES string of the molecule is COc1ccc(C=NNc2ccc(C(=O)Nc3ccc(OC)cc3)cc2[N+](=O)[O-])cc1. The largest absolute Gasteiger partial charge is 0.497 e. The molecule has 0 saturated heterocycles. The Balaban J connectivity index is 1.72. The smallest absolute Gasteiger partial charge is 0.294 e. The molecule has 31 heavy (non-hydrogen) atoms. The van der Waals surface area contributed by atoms with Crippen LogP contribution in [0.2, 0.25) is 0 Å². The minimum Gasteiger partial charge on any atom is -0.497 e. The Hall–Kier alpha value is -4.40. The lowest BCUT2D eigenvalue weighted by molar-refractivity contribution is -0.384. The van der Waals surface area contributed by atoms with Gasteiger partial charge in [0.1, 0.15) is 17.2 Å². The zero-order valence-corrected chi connectivity index (χ0v) is 16.9. The quantitative estimate of drug-likeness (QED) is 0.319. The van der Waals surface area contributed by atoms with Crippen LogP contribution in [0.1, 0.15) is 15.9 Å². The van der Waals surface area contributed by atoms with E-state index in [1.54, 1.807) is 62.8 Å². The fourth-order valence-corrected chi connectivity index (χ4v) is 2.66. The van der Waals surface area contributed by atoms with Crippen LogP contribution in [0, 0.1) is 10.1 Å². The topological polar surface area (TPSA) is 115 Å². The predicted octanol–water partition coefficient (Wildman–Crippen LogP) is 4.31. The molecule has 0 spiro atoms. The first-order chi connectivity index (χ1) is 15.0. The summed E-state index contributed by atoms with van der Waals surface area (Å²) in [4.78, 5) is 23.4. The molecule has 0 radical (unpaired) electrons. The van der Waals surface area contributed by atoms with Gasteiger partial charge < -0.3 is 14.8 Å². The maximum absolute atomic E-state index is 12.5. The maximum Gasteiger partial charge on any atom is 0.294 e. The third kappa shape index (κ3) is 5.57. The Bertz CT molecular complexity index is 1100. The maximum atomic E-state index is 12.5. The number of rotatable bonds is 8. The first-order valence-corrected chi connectivity index (χ1v) is 9.17. The van der Waals surface area contributed by atoms with Crippen molar-refractivity contribution in [1.82, 2.24) is 0 Å². The van der Waals surface area contributed by atoms with Gasteiger partial charge in [-0.2, -0.15) is 5.10 Å². The average Bonchev–Trinajstić information content (AvgIpc) is 2.80. The Morgan fingerprint density at radius 1 is 0.968 bits per heavy atom. The zero-order valence-electron chi connectivity index (χ0n) is 16.9. The van der Waals surface area contributed by atoms with Crippen LogP contribution < -0.4 is 20.2 Å². The number of amides is 1. The molecule has 1 amide bonds. The number of carbonyl (C=O) groups is 1. The Labute approximate surface area is 178 Å². The lowest BCUT2D eigenvalue weighted by atomic mass is 10.1. The number of benzene rings is 3. The number of anilines is 2. The molecule has 9 nitrogen and oxygen atoms in total. The fourth-order valence-electron chi connectivity index (χ4n) is 2.66. The van der Waals surface area contributed by atoms with Gasteiger partial charge in [-0.25, -0.2) is 0 Å². The monoisotopic (exact) mass is 420 g/mol. The molecule has 3 aromatic carbocycles. The normalized spacial score (nSPS) is 10.5. The first kappa shape index (κ1) is 21.3. The number of hydrogen-bond donors (Lipinski definition) is 2. The molecule has 0 fully saturated rings. The average molecular weight is 420 g/mol. The molecule has 0 aromatic heterocycles. The number of nitrogens with one attached hydrogen (secondary N) is 2. The molecule has 0 aliphatic heterocycles. The van der Waals surface area contributed by atoms with Gasteiger partial charge in [0, 0.05) is 17.3 Å². The summed E-state index contributed by atoms with van der Waals surface area (Å²) in [5, 5.41) is 18.2. The van der Waals surface area contributed by atoms with E-state index in [1.165, 1.54) is 24.4 Å². The number of nitro groups is 1. The van der Waals surface area contributed by atoms with E-state index < -0.39 is 10.8 Å². The summed E-state index contributed by atoms with van der Waals surface area (Å²) in [7, 11) is 3.12. The summed E-state index contributed by atoms with van der Waals surface area (Å²) in [6.07, 6.45) is 1.52. The molecule has 0 aliphatic carbocycles. The number of nitrogens with zero attached hydrogens (tertiary/aromatic N) is 2. The van der Waals surface area contributed by atoms with Gasteiger partial charge in [-0.3, -0.25) is 20.3 Å². The summed E-state index contributed by atoms with van der Waals surface area (Å²) in [6.45, 7) is 0. The van der Waals surface area contributed by atoms with Crippen LogP contribution >= 0.6 is 0 Å². The van der Waals surface area contributed by atoms with E-state index in [0.717, 1.165) is 5.56 Å². The third-order valence-corrected chi connectivity index (χ3v) is 4.32. The number of carbonyl (C=O) groups excluding carboxylic acids is 1. The Morgan fingerprint density at radius 3 is 2.16 bits per heavy atom. The number of nitro benzene ring substituents is 1. The molecule has 9 heteroatoms. The number of ether oxygens (including phenoxy) is 2. The van der Waals surface area contributed by atoms with Crippen molar-refractivity contribution in [3.05, 3.63) is 88.0 Å². The van der Waals surface area contributed by atoms with E-state index >= 15 is 0 Å². The van der Waals surface area contributed by atoms with Gasteiger partial charge >= 0.3 is 0 Å². The van der Waals surface area contributed by atoms with E-state index in [1.807, 2.05) is 0 Å². The van der Waals surface area contributed by atoms with Crippen molar-refractivity contribution in [3.63, 3.8) is 0 Å². The minimum atomic E-state index is -0.574. The van der Waals surface area contributed by atoms with E-state index in [4.69, 9.17) is 9.47 Å². The van der Waals surface area contributed by atoms with Crippen molar-refractivity contribution in [2.24, 2.45) is 5.10 Å². The Kier molecular flexibility index (Phi) is 6.79. The second-order valence-corrected chi connectivity index (χ2v) is 6.31. The van der Waals surface area contributed by atoms with Gasteiger partial charge in [-0.15, -0.1) is 0 Å². The zero-order chi connectivity index (χ0) is 22.2. The van der Waals surface area contributed by atoms with Crippen LogP contribution in [-0.4, -0.2) is 31.3 Å². The van der Waals surface area contributed by atoms with Gasteiger partial charge in [0.2, 0.25) is 0 Å². The van der Waals surface area contributed by atoms with Crippen LogP contribution in [0.5, 0.6) is 11.5 Å². The van der Waals surface area contributed by atoms with Gasteiger partial charge in [-0.1, -0.05) is 0 Å². The molecular weight excluding hydrogens is 400 g/mol. The second kappa shape index (κ2) is 9.88. The highest BCUT2D eigenvalue weighted by molar-refractivity contribution is 6.05. The highest BCUT2D eigenvalue weighted by atomic mass is 16.6. The summed E-state index contributed by atoms with van der Waals surface area (Å²) < 4.78 is 10.2. The van der Waals surface area contributed by atoms with E-state index in [2.05, 4.69) is 15.8 Å². The number of methoxy groups -OCH3 is 2. The highest BCUT2D eigenvalue weighted by Crippen LogP contribution is 2.26. The molecule has 158 valence electrons. The standard InChI is InChI=1S/C22H20N4O5/c1-30-18-8-3-15(4-9-18)14-23-25-20-12-5-16(13-21(20)26(28)29)22(27)24-17-6-10-19(31-2)11-7-17/h3-14,25H,1-2H3,(H,24,27). The molecule has 0 atom stereocenters. The van der Waals surface area contributed by atoms with Gasteiger partial charge in [0.05, 0.1) is 25.4 Å². The van der Waals surface area contributed by atoms with E-state index in [-0.39, 0.29) is 16.9 Å². The molecule has 2 N–H and O–H groups in total. The van der Waals surface area contributed by atoms with Gasteiger partial charge in [0.15, 0.2) is 0 Å². The summed E-state index contributed by atoms with van der Waals surface area (Å²) >= 11 is 0. The molecule has 3 rings (SSSR count). The molecule has 0 saturated carbocycles. The number of hydrogen-bond acceptors (Lipinski definition) is 7. The summed E-state index contributed by atoms with van der Waals surface area (Å²) in [5.41, 5.74) is 4.02. The first-order valence-electron chi connectivity index (χ1n) is 9.17. The van der Waals surface area contributed by atoms with Crippen molar-refractivity contribution in [1.29, 1.82) is 0 Å².